The van der Waals surface area contributed by atoms with Gasteiger partial charge in [-0.2, -0.15) is 0 Å². The summed E-state index contributed by atoms with van der Waals surface area (Å²) in [5.74, 6) is -3.14. The molecule has 1 N–H and O–H groups in total. The monoisotopic (exact) mass is 578 g/mol. The maximum atomic E-state index is 14.9. The minimum Gasteiger partial charge on any atom is -0.461 e. The van der Waals surface area contributed by atoms with Gasteiger partial charge in [-0.25, -0.2) is 0 Å². The molecule has 1 spiro atoms. The van der Waals surface area contributed by atoms with Gasteiger partial charge in [0.2, 0.25) is 5.91 Å². The zero-order valence-corrected chi connectivity index (χ0v) is 24.0. The van der Waals surface area contributed by atoms with E-state index < -0.39 is 41.1 Å². The SMILES string of the molecule is CC[C@]12C=CCOC(=O)[C@H]1[C@H]1C(=O)N([C@@H](CO)Cc3ccccc3)C3C(=O)N(c4ccc5ccccc5c4)CC=C[C@@]31O2. The molecule has 0 bridgehead atoms. The molecule has 6 atom stereocenters. The zero-order chi connectivity index (χ0) is 29.8. The van der Waals surface area contributed by atoms with Crippen LogP contribution in [-0.2, 0) is 30.3 Å². The second-order valence-corrected chi connectivity index (χ2v) is 11.8. The van der Waals surface area contributed by atoms with Crippen LogP contribution in [0.1, 0.15) is 18.9 Å². The highest BCUT2D eigenvalue weighted by Gasteiger charge is 2.76. The number of fused-ring (bicyclic) bond motifs is 3. The number of carbonyl (C=O) groups excluding carboxylic acids is 3. The first-order valence-corrected chi connectivity index (χ1v) is 14.9. The predicted molar refractivity (Wildman–Crippen MR) is 161 cm³/mol. The van der Waals surface area contributed by atoms with Crippen molar-refractivity contribution < 1.29 is 29.0 Å². The zero-order valence-electron chi connectivity index (χ0n) is 24.0. The Kier molecular flexibility index (Phi) is 6.71. The fourth-order valence-electron chi connectivity index (χ4n) is 7.64. The second-order valence-electron chi connectivity index (χ2n) is 11.8. The predicted octanol–water partition coefficient (Wildman–Crippen LogP) is 3.82. The van der Waals surface area contributed by atoms with Gasteiger partial charge in [0.15, 0.2) is 0 Å². The van der Waals surface area contributed by atoms with Crippen molar-refractivity contribution in [3.63, 3.8) is 0 Å². The molecule has 0 aliphatic carbocycles. The van der Waals surface area contributed by atoms with Crippen molar-refractivity contribution in [2.24, 2.45) is 11.8 Å². The van der Waals surface area contributed by atoms with Crippen molar-refractivity contribution in [3.8, 4) is 0 Å². The van der Waals surface area contributed by atoms with E-state index in [0.717, 1.165) is 16.3 Å². The molecule has 0 aromatic heterocycles. The molecule has 8 nitrogen and oxygen atoms in total. The van der Waals surface area contributed by atoms with E-state index in [0.29, 0.717) is 18.5 Å². The lowest BCUT2D eigenvalue weighted by atomic mass is 9.73. The van der Waals surface area contributed by atoms with Crippen molar-refractivity contribution in [1.82, 2.24) is 4.90 Å². The molecule has 8 heteroatoms. The Morgan fingerprint density at radius 1 is 0.907 bits per heavy atom. The number of aliphatic hydroxyl groups is 1. The standard InChI is InChI=1S/C35H34N2O6/c1-2-34-16-9-19-42-33(41)29(34)28-31(39)37(27(22-38)20-23-10-4-3-5-11-23)30-32(40)36(18-8-17-35(28,30)43-34)26-15-14-24-12-6-7-13-25(24)21-26/h3-17,21,27-30,38H,2,18-20,22H2,1H3/t27-,28+,29-,30?,34+,35+/m1/s1. The summed E-state index contributed by atoms with van der Waals surface area (Å²) in [5.41, 5.74) is -0.911. The van der Waals surface area contributed by atoms with Crippen molar-refractivity contribution in [2.75, 3.05) is 24.7 Å². The Morgan fingerprint density at radius 3 is 2.44 bits per heavy atom. The van der Waals surface area contributed by atoms with Gasteiger partial charge in [-0.05, 0) is 47.4 Å². The Labute approximate surface area is 250 Å². The second kappa shape index (κ2) is 10.5. The summed E-state index contributed by atoms with van der Waals surface area (Å²) in [6.45, 7) is 1.92. The van der Waals surface area contributed by atoms with Crippen LogP contribution in [-0.4, -0.2) is 70.8 Å². The highest BCUT2D eigenvalue weighted by Crippen LogP contribution is 2.59. The highest BCUT2D eigenvalue weighted by atomic mass is 16.6. The Hall–Kier alpha value is -4.27. The van der Waals surface area contributed by atoms with Crippen LogP contribution in [0.2, 0.25) is 0 Å². The number of amides is 2. The van der Waals surface area contributed by atoms with Crippen molar-refractivity contribution >= 4 is 34.2 Å². The molecular formula is C35H34N2O6. The third-order valence-electron chi connectivity index (χ3n) is 9.60. The topological polar surface area (TPSA) is 96.4 Å². The molecule has 4 aliphatic heterocycles. The Bertz CT molecular complexity index is 1650. The summed E-state index contributed by atoms with van der Waals surface area (Å²) >= 11 is 0. The normalized spacial score (nSPS) is 30.5. The average Bonchev–Trinajstić information content (AvgIpc) is 3.32. The quantitative estimate of drug-likeness (QED) is 0.353. The number of ether oxygens (including phenoxy) is 2. The summed E-state index contributed by atoms with van der Waals surface area (Å²) < 4.78 is 12.5. The lowest BCUT2D eigenvalue weighted by molar-refractivity contribution is -0.159. The van der Waals surface area contributed by atoms with Gasteiger partial charge in [0.1, 0.15) is 29.8 Å². The van der Waals surface area contributed by atoms with E-state index in [1.807, 2.05) is 97.9 Å². The highest BCUT2D eigenvalue weighted by molar-refractivity contribution is 6.06. The fourth-order valence-corrected chi connectivity index (χ4v) is 7.64. The first kappa shape index (κ1) is 27.6. The number of hydrogen-bond acceptors (Lipinski definition) is 6. The number of nitrogens with zero attached hydrogens (tertiary/aromatic N) is 2. The number of aliphatic hydroxyl groups excluding tert-OH is 1. The molecule has 4 heterocycles. The van der Waals surface area contributed by atoms with Crippen LogP contribution in [0.4, 0.5) is 5.69 Å². The number of carbonyl (C=O) groups is 3. The van der Waals surface area contributed by atoms with Gasteiger partial charge in [-0.3, -0.25) is 14.4 Å². The van der Waals surface area contributed by atoms with Crippen molar-refractivity contribution in [1.29, 1.82) is 0 Å². The van der Waals surface area contributed by atoms with E-state index in [9.17, 15) is 19.5 Å². The molecule has 0 radical (unpaired) electrons. The van der Waals surface area contributed by atoms with Gasteiger partial charge < -0.3 is 24.4 Å². The number of hydrogen-bond donors (Lipinski definition) is 1. The molecule has 4 aliphatic rings. The summed E-state index contributed by atoms with van der Waals surface area (Å²) in [5, 5.41) is 12.8. The number of anilines is 1. The Balaban J connectivity index is 1.38. The van der Waals surface area contributed by atoms with E-state index >= 15 is 0 Å². The number of rotatable bonds is 6. The van der Waals surface area contributed by atoms with E-state index in [1.54, 1.807) is 11.0 Å². The van der Waals surface area contributed by atoms with E-state index in [-0.39, 0.29) is 31.6 Å². The summed E-state index contributed by atoms with van der Waals surface area (Å²) in [7, 11) is 0. The first-order chi connectivity index (χ1) is 20.9. The fraction of sp³-hybridized carbons (Fsp3) is 0.343. The average molecular weight is 579 g/mol. The summed E-state index contributed by atoms with van der Waals surface area (Å²) in [6.07, 6.45) is 8.04. The van der Waals surface area contributed by atoms with E-state index in [4.69, 9.17) is 9.47 Å². The third kappa shape index (κ3) is 4.15. The smallest absolute Gasteiger partial charge is 0.313 e. The number of benzene rings is 3. The van der Waals surface area contributed by atoms with Crippen LogP contribution in [0.5, 0.6) is 0 Å². The Morgan fingerprint density at radius 2 is 1.67 bits per heavy atom. The van der Waals surface area contributed by atoms with Crippen LogP contribution in [0.15, 0.2) is 97.1 Å². The minimum atomic E-state index is -1.43. The van der Waals surface area contributed by atoms with Crippen LogP contribution in [0.25, 0.3) is 10.8 Å². The largest absolute Gasteiger partial charge is 0.461 e. The van der Waals surface area contributed by atoms with Crippen LogP contribution < -0.4 is 4.90 Å². The lowest BCUT2D eigenvalue weighted by Gasteiger charge is -2.40. The van der Waals surface area contributed by atoms with Gasteiger partial charge in [-0.15, -0.1) is 0 Å². The van der Waals surface area contributed by atoms with Crippen LogP contribution in [0.3, 0.4) is 0 Å². The van der Waals surface area contributed by atoms with Crippen molar-refractivity contribution in [2.45, 2.75) is 43.1 Å². The molecule has 3 aromatic carbocycles. The van der Waals surface area contributed by atoms with Crippen LogP contribution >= 0.6 is 0 Å². The molecule has 1 unspecified atom stereocenters. The number of likely N-dealkylation sites (tertiary alicyclic amines) is 1. The molecule has 2 fully saturated rings. The van der Waals surface area contributed by atoms with E-state index in [1.165, 1.54) is 4.90 Å². The summed E-state index contributed by atoms with van der Waals surface area (Å²) in [6, 6.07) is 21.6. The van der Waals surface area contributed by atoms with Gasteiger partial charge >= 0.3 is 5.97 Å². The molecule has 3 aromatic rings. The maximum Gasteiger partial charge on any atom is 0.313 e. The van der Waals surface area contributed by atoms with Gasteiger partial charge in [0.25, 0.3) is 5.91 Å². The minimum absolute atomic E-state index is 0.0965. The number of esters is 1. The van der Waals surface area contributed by atoms with Crippen molar-refractivity contribution in [3.05, 3.63) is 103 Å². The van der Waals surface area contributed by atoms with Gasteiger partial charge in [-0.1, -0.05) is 85.8 Å². The molecule has 43 heavy (non-hydrogen) atoms. The lowest BCUT2D eigenvalue weighted by Crippen LogP contribution is -2.59. The molecule has 220 valence electrons. The molecular weight excluding hydrogens is 544 g/mol. The van der Waals surface area contributed by atoms with Gasteiger partial charge in [0, 0.05) is 12.2 Å². The first-order valence-electron chi connectivity index (χ1n) is 14.9. The molecule has 2 saturated heterocycles. The summed E-state index contributed by atoms with van der Waals surface area (Å²) in [4.78, 5) is 46.3. The molecule has 2 amide bonds. The molecule has 7 rings (SSSR count). The molecule has 0 saturated carbocycles. The number of cyclic esters (lactones) is 1. The third-order valence-corrected chi connectivity index (χ3v) is 9.60. The van der Waals surface area contributed by atoms with Crippen LogP contribution in [0, 0.1) is 11.8 Å². The van der Waals surface area contributed by atoms with E-state index in [2.05, 4.69) is 0 Å². The van der Waals surface area contributed by atoms with Gasteiger partial charge in [0.05, 0.1) is 18.6 Å². The maximum absolute atomic E-state index is 14.9.